The van der Waals surface area contributed by atoms with Crippen LogP contribution in [0.15, 0.2) is 30.3 Å². The summed E-state index contributed by atoms with van der Waals surface area (Å²) in [6, 6.07) is 10.8. The molecule has 0 radical (unpaired) electrons. The van der Waals surface area contributed by atoms with Crippen molar-refractivity contribution >= 4 is 16.6 Å². The van der Waals surface area contributed by atoms with Gasteiger partial charge in [0, 0.05) is 24.5 Å². The van der Waals surface area contributed by atoms with Crippen molar-refractivity contribution < 1.29 is 5.11 Å². The average molecular weight is 271 g/mol. The second kappa shape index (κ2) is 5.38. The number of aliphatic hydroxyl groups is 1. The van der Waals surface area contributed by atoms with Crippen molar-refractivity contribution in [3.05, 3.63) is 36.0 Å². The summed E-state index contributed by atoms with van der Waals surface area (Å²) in [7, 11) is 4.26. The van der Waals surface area contributed by atoms with Gasteiger partial charge in [-0.05, 0) is 32.0 Å². The molecule has 3 rings (SSSR count). The molecule has 20 heavy (non-hydrogen) atoms. The van der Waals surface area contributed by atoms with Crippen LogP contribution in [0.4, 0.5) is 5.82 Å². The first kappa shape index (κ1) is 13.3. The fourth-order valence-corrected chi connectivity index (χ4v) is 2.91. The van der Waals surface area contributed by atoms with Gasteiger partial charge in [-0.15, -0.1) is 0 Å². The molecule has 2 heterocycles. The van der Waals surface area contributed by atoms with Gasteiger partial charge in [0.2, 0.25) is 0 Å². The summed E-state index contributed by atoms with van der Waals surface area (Å²) in [5.74, 6) is 1.01. The molecule has 0 saturated carbocycles. The Balaban J connectivity index is 2.02. The number of nitrogens with zero attached hydrogens (tertiary/aromatic N) is 3. The largest absolute Gasteiger partial charge is 0.390 e. The van der Waals surface area contributed by atoms with Crippen LogP contribution in [0.25, 0.3) is 10.8 Å². The van der Waals surface area contributed by atoms with Crippen LogP contribution in [-0.4, -0.2) is 48.2 Å². The smallest absolute Gasteiger partial charge is 0.136 e. The lowest BCUT2D eigenvalue weighted by Gasteiger charge is -2.22. The standard InChI is InChI=1S/C16H21N3O/c1-18(2)14-7-8-19(10-14)16-15-6-4-3-5-12(15)9-13(11-20)17-16/h3-6,9,14,20H,7-8,10-11H2,1-2H3. The molecule has 0 amide bonds. The average Bonchev–Trinajstić information content (AvgIpc) is 2.96. The normalized spacial score (nSPS) is 19.2. The molecule has 1 aliphatic heterocycles. The van der Waals surface area contributed by atoms with Gasteiger partial charge in [0.1, 0.15) is 5.82 Å². The van der Waals surface area contributed by atoms with Crippen molar-refractivity contribution in [1.82, 2.24) is 9.88 Å². The number of fused-ring (bicyclic) bond motifs is 1. The van der Waals surface area contributed by atoms with Crippen LogP contribution in [0.1, 0.15) is 12.1 Å². The monoisotopic (exact) mass is 271 g/mol. The maximum atomic E-state index is 9.42. The fraction of sp³-hybridized carbons (Fsp3) is 0.438. The number of hydrogen-bond acceptors (Lipinski definition) is 4. The predicted octanol–water partition coefficient (Wildman–Crippen LogP) is 1.87. The number of anilines is 1. The van der Waals surface area contributed by atoms with Gasteiger partial charge in [-0.3, -0.25) is 0 Å². The molecular weight excluding hydrogens is 250 g/mol. The van der Waals surface area contributed by atoms with E-state index in [9.17, 15) is 5.11 Å². The summed E-state index contributed by atoms with van der Waals surface area (Å²) in [6.07, 6.45) is 1.16. The SMILES string of the molecule is CN(C)C1CCN(c2nc(CO)cc3ccccc23)C1. The van der Waals surface area contributed by atoms with Gasteiger partial charge in [0.15, 0.2) is 0 Å². The van der Waals surface area contributed by atoms with Crippen LogP contribution in [0.3, 0.4) is 0 Å². The van der Waals surface area contributed by atoms with Crippen LogP contribution in [-0.2, 0) is 6.61 Å². The number of likely N-dealkylation sites (N-methyl/N-ethyl adjacent to an activating group) is 1. The molecule has 1 unspecified atom stereocenters. The van der Waals surface area contributed by atoms with Gasteiger partial charge >= 0.3 is 0 Å². The number of aromatic nitrogens is 1. The van der Waals surface area contributed by atoms with E-state index in [0.29, 0.717) is 6.04 Å². The topological polar surface area (TPSA) is 39.6 Å². The quantitative estimate of drug-likeness (QED) is 0.925. The lowest BCUT2D eigenvalue weighted by atomic mass is 10.1. The summed E-state index contributed by atoms with van der Waals surface area (Å²) in [4.78, 5) is 9.27. The zero-order valence-electron chi connectivity index (χ0n) is 12.1. The van der Waals surface area contributed by atoms with E-state index in [0.717, 1.165) is 36.4 Å². The number of pyridine rings is 1. The Kier molecular flexibility index (Phi) is 3.59. The van der Waals surface area contributed by atoms with E-state index in [-0.39, 0.29) is 6.61 Å². The molecule has 4 heteroatoms. The molecule has 1 aromatic heterocycles. The maximum Gasteiger partial charge on any atom is 0.136 e. The molecule has 0 spiro atoms. The van der Waals surface area contributed by atoms with Crippen molar-refractivity contribution in [2.24, 2.45) is 0 Å². The summed E-state index contributed by atoms with van der Waals surface area (Å²) in [6.45, 7) is 2.01. The Morgan fingerprint density at radius 2 is 2.15 bits per heavy atom. The van der Waals surface area contributed by atoms with E-state index >= 15 is 0 Å². The molecule has 0 aliphatic carbocycles. The Morgan fingerprint density at radius 3 is 2.85 bits per heavy atom. The fourth-order valence-electron chi connectivity index (χ4n) is 2.91. The summed E-state index contributed by atoms with van der Waals surface area (Å²) < 4.78 is 0. The molecule has 106 valence electrons. The first-order chi connectivity index (χ1) is 9.69. The van der Waals surface area contributed by atoms with E-state index in [1.807, 2.05) is 18.2 Å². The predicted molar refractivity (Wildman–Crippen MR) is 82.0 cm³/mol. The molecule has 2 aromatic rings. The minimum Gasteiger partial charge on any atom is -0.390 e. The van der Waals surface area contributed by atoms with E-state index < -0.39 is 0 Å². The van der Waals surface area contributed by atoms with Crippen LogP contribution in [0.5, 0.6) is 0 Å². The number of rotatable bonds is 3. The minimum atomic E-state index is -0.0111. The van der Waals surface area contributed by atoms with Crippen LogP contribution < -0.4 is 4.90 Å². The Hall–Kier alpha value is -1.65. The van der Waals surface area contributed by atoms with Crippen LogP contribution in [0, 0.1) is 0 Å². The highest BCUT2D eigenvalue weighted by Crippen LogP contribution is 2.29. The highest BCUT2D eigenvalue weighted by atomic mass is 16.3. The summed E-state index contributed by atoms with van der Waals surface area (Å²) >= 11 is 0. The van der Waals surface area contributed by atoms with Crippen molar-refractivity contribution in [1.29, 1.82) is 0 Å². The third-order valence-electron chi connectivity index (χ3n) is 4.13. The van der Waals surface area contributed by atoms with Gasteiger partial charge in [0.25, 0.3) is 0 Å². The third kappa shape index (κ3) is 2.37. The van der Waals surface area contributed by atoms with E-state index in [4.69, 9.17) is 0 Å². The summed E-state index contributed by atoms with van der Waals surface area (Å²) in [5, 5.41) is 11.7. The summed E-state index contributed by atoms with van der Waals surface area (Å²) in [5.41, 5.74) is 0.743. The second-order valence-electron chi connectivity index (χ2n) is 5.67. The van der Waals surface area contributed by atoms with Gasteiger partial charge < -0.3 is 14.9 Å². The van der Waals surface area contributed by atoms with E-state index in [1.165, 1.54) is 5.39 Å². The Morgan fingerprint density at radius 1 is 1.35 bits per heavy atom. The highest BCUT2D eigenvalue weighted by Gasteiger charge is 2.26. The molecule has 1 aromatic carbocycles. The minimum absolute atomic E-state index is 0.0111. The van der Waals surface area contributed by atoms with Crippen LogP contribution in [0.2, 0.25) is 0 Å². The zero-order chi connectivity index (χ0) is 14.1. The molecule has 0 bridgehead atoms. The first-order valence-electron chi connectivity index (χ1n) is 7.10. The molecular formula is C16H21N3O. The lowest BCUT2D eigenvalue weighted by molar-refractivity contribution is 0.277. The van der Waals surface area contributed by atoms with Gasteiger partial charge in [0.05, 0.1) is 12.3 Å². The van der Waals surface area contributed by atoms with Crippen molar-refractivity contribution in [3.8, 4) is 0 Å². The zero-order valence-corrected chi connectivity index (χ0v) is 12.1. The maximum absolute atomic E-state index is 9.42. The molecule has 4 nitrogen and oxygen atoms in total. The molecule has 1 fully saturated rings. The van der Waals surface area contributed by atoms with Crippen molar-refractivity contribution in [2.75, 3.05) is 32.1 Å². The van der Waals surface area contributed by atoms with E-state index in [1.54, 1.807) is 0 Å². The lowest BCUT2D eigenvalue weighted by Crippen LogP contribution is -2.31. The number of hydrogen-bond donors (Lipinski definition) is 1. The molecule has 1 aliphatic rings. The Labute approximate surface area is 119 Å². The Bertz CT molecular complexity index is 612. The molecule has 1 N–H and O–H groups in total. The second-order valence-corrected chi connectivity index (χ2v) is 5.67. The molecule has 1 saturated heterocycles. The van der Waals surface area contributed by atoms with E-state index in [2.05, 4.69) is 41.0 Å². The molecule has 1 atom stereocenters. The number of aliphatic hydroxyl groups excluding tert-OH is 1. The van der Waals surface area contributed by atoms with Crippen LogP contribution >= 0.6 is 0 Å². The first-order valence-corrected chi connectivity index (χ1v) is 7.10. The highest BCUT2D eigenvalue weighted by molar-refractivity contribution is 5.92. The van der Waals surface area contributed by atoms with Gasteiger partial charge in [-0.1, -0.05) is 24.3 Å². The van der Waals surface area contributed by atoms with Gasteiger partial charge in [-0.2, -0.15) is 0 Å². The van der Waals surface area contributed by atoms with Crippen molar-refractivity contribution in [3.63, 3.8) is 0 Å². The number of benzene rings is 1. The third-order valence-corrected chi connectivity index (χ3v) is 4.13. The van der Waals surface area contributed by atoms with Gasteiger partial charge in [-0.25, -0.2) is 4.98 Å². The van der Waals surface area contributed by atoms with Crippen molar-refractivity contribution in [2.45, 2.75) is 19.1 Å².